The van der Waals surface area contributed by atoms with Crippen LogP contribution in [0.2, 0.25) is 0 Å². The van der Waals surface area contributed by atoms with Crippen molar-refractivity contribution in [2.24, 2.45) is 7.05 Å². The summed E-state index contributed by atoms with van der Waals surface area (Å²) in [6.07, 6.45) is 5.46. The minimum Gasteiger partial charge on any atom is -0.356 e. The minimum atomic E-state index is 0.0535. The lowest BCUT2D eigenvalue weighted by Crippen LogP contribution is -2.22. The van der Waals surface area contributed by atoms with Gasteiger partial charge in [0, 0.05) is 32.1 Å². The molecule has 1 amide bonds. The number of nitrogens with zero attached hydrogens (tertiary/aromatic N) is 2. The third kappa shape index (κ3) is 2.23. The van der Waals surface area contributed by atoms with E-state index in [1.54, 1.807) is 6.92 Å². The zero-order chi connectivity index (χ0) is 13.4. The molecule has 1 heterocycles. The number of nitrogens with one attached hydrogen (secondary N) is 1. The predicted octanol–water partition coefficient (Wildman–Crippen LogP) is 2.13. The minimum absolute atomic E-state index is 0.0535. The maximum absolute atomic E-state index is 11.0. The highest BCUT2D eigenvalue weighted by Gasteiger charge is 2.25. The average molecular weight is 257 g/mol. The highest BCUT2D eigenvalue weighted by Crippen LogP contribution is 2.39. The van der Waals surface area contributed by atoms with Crippen LogP contribution in [0.15, 0.2) is 18.3 Å². The van der Waals surface area contributed by atoms with Crippen molar-refractivity contribution in [3.63, 3.8) is 0 Å². The van der Waals surface area contributed by atoms with Gasteiger partial charge in [0.2, 0.25) is 5.91 Å². The van der Waals surface area contributed by atoms with E-state index in [1.807, 2.05) is 11.7 Å². The molecule has 4 nitrogen and oxygen atoms in total. The fourth-order valence-corrected chi connectivity index (χ4v) is 3.16. The Hall–Kier alpha value is -1.84. The summed E-state index contributed by atoms with van der Waals surface area (Å²) in [6.45, 7) is 2.33. The molecular formula is C15H19N3O. The van der Waals surface area contributed by atoms with E-state index in [1.165, 1.54) is 22.9 Å². The van der Waals surface area contributed by atoms with Gasteiger partial charge in [-0.05, 0) is 42.4 Å². The van der Waals surface area contributed by atoms with Gasteiger partial charge < -0.3 is 5.32 Å². The molecule has 0 bridgehead atoms. The Morgan fingerprint density at radius 3 is 3.16 bits per heavy atom. The van der Waals surface area contributed by atoms with Crippen molar-refractivity contribution >= 4 is 16.8 Å². The van der Waals surface area contributed by atoms with Crippen LogP contribution >= 0.6 is 0 Å². The normalized spacial score (nSPS) is 17.7. The zero-order valence-electron chi connectivity index (χ0n) is 11.4. The van der Waals surface area contributed by atoms with Crippen LogP contribution in [0.3, 0.4) is 0 Å². The van der Waals surface area contributed by atoms with Crippen LogP contribution < -0.4 is 5.32 Å². The monoisotopic (exact) mass is 257 g/mol. The van der Waals surface area contributed by atoms with Crippen LogP contribution in [0.5, 0.6) is 0 Å². The average Bonchev–Trinajstić information content (AvgIpc) is 2.90. The van der Waals surface area contributed by atoms with E-state index >= 15 is 0 Å². The molecule has 2 aromatic rings. The highest BCUT2D eigenvalue weighted by molar-refractivity contribution is 5.84. The topological polar surface area (TPSA) is 46.9 Å². The number of aromatic nitrogens is 2. The number of hydrogen-bond donors (Lipinski definition) is 1. The number of amides is 1. The number of carbonyl (C=O) groups excluding carboxylic acids is 1. The number of hydrogen-bond acceptors (Lipinski definition) is 2. The molecular weight excluding hydrogens is 238 g/mol. The number of fused-ring (bicyclic) bond motifs is 3. The van der Waals surface area contributed by atoms with Crippen molar-refractivity contribution in [1.82, 2.24) is 15.1 Å². The predicted molar refractivity (Wildman–Crippen MR) is 75.1 cm³/mol. The molecule has 3 rings (SSSR count). The van der Waals surface area contributed by atoms with Gasteiger partial charge in [0.25, 0.3) is 0 Å². The van der Waals surface area contributed by atoms with Crippen LogP contribution in [-0.2, 0) is 18.3 Å². The summed E-state index contributed by atoms with van der Waals surface area (Å²) in [5.74, 6) is 0.604. The summed E-state index contributed by atoms with van der Waals surface area (Å²) in [5.41, 5.74) is 3.98. The molecule has 1 N–H and O–H groups in total. The molecule has 0 saturated carbocycles. The Bertz CT molecular complexity index is 630. The number of carbonyl (C=O) groups is 1. The fourth-order valence-electron chi connectivity index (χ4n) is 3.16. The molecule has 19 heavy (non-hydrogen) atoms. The molecule has 1 atom stereocenters. The largest absolute Gasteiger partial charge is 0.356 e. The molecule has 4 heteroatoms. The Morgan fingerprint density at radius 1 is 1.53 bits per heavy atom. The van der Waals surface area contributed by atoms with E-state index in [-0.39, 0.29) is 5.91 Å². The SMILES string of the molecule is CC(=O)NCC[C@@H]1CCc2ccc3nn(C)cc3c21. The van der Waals surface area contributed by atoms with Crippen molar-refractivity contribution < 1.29 is 4.79 Å². The first-order valence-corrected chi connectivity index (χ1v) is 6.84. The van der Waals surface area contributed by atoms with E-state index < -0.39 is 0 Å². The Kier molecular flexibility index (Phi) is 3.01. The number of benzene rings is 1. The van der Waals surface area contributed by atoms with Gasteiger partial charge in [-0.1, -0.05) is 6.07 Å². The molecule has 0 radical (unpaired) electrons. The second kappa shape index (κ2) is 4.68. The third-order valence-corrected chi connectivity index (χ3v) is 3.97. The first-order chi connectivity index (χ1) is 9.15. The van der Waals surface area contributed by atoms with Crippen molar-refractivity contribution in [2.45, 2.75) is 32.1 Å². The number of rotatable bonds is 3. The molecule has 0 unspecified atom stereocenters. The van der Waals surface area contributed by atoms with Crippen molar-refractivity contribution in [1.29, 1.82) is 0 Å². The summed E-state index contributed by atoms with van der Waals surface area (Å²) < 4.78 is 1.88. The zero-order valence-corrected chi connectivity index (χ0v) is 11.4. The van der Waals surface area contributed by atoms with E-state index in [0.29, 0.717) is 5.92 Å². The van der Waals surface area contributed by atoms with Gasteiger partial charge in [-0.2, -0.15) is 5.10 Å². The van der Waals surface area contributed by atoms with Crippen molar-refractivity contribution in [2.75, 3.05) is 6.54 Å². The first kappa shape index (κ1) is 12.2. The highest BCUT2D eigenvalue weighted by atomic mass is 16.1. The number of aryl methyl sites for hydroxylation is 2. The van der Waals surface area contributed by atoms with Crippen LogP contribution in [0.25, 0.3) is 10.9 Å². The van der Waals surface area contributed by atoms with Crippen molar-refractivity contribution in [3.05, 3.63) is 29.5 Å². The molecule has 0 saturated heterocycles. The van der Waals surface area contributed by atoms with E-state index in [0.717, 1.165) is 24.9 Å². The van der Waals surface area contributed by atoms with Gasteiger partial charge in [-0.15, -0.1) is 0 Å². The second-order valence-electron chi connectivity index (χ2n) is 5.38. The molecule has 1 aliphatic carbocycles. The van der Waals surface area contributed by atoms with Gasteiger partial charge >= 0.3 is 0 Å². The van der Waals surface area contributed by atoms with Gasteiger partial charge in [-0.25, -0.2) is 0 Å². The standard InChI is InChI=1S/C15H19N3O/c1-10(19)16-8-7-12-4-3-11-5-6-14-13(15(11)12)9-18(2)17-14/h5-6,9,12H,3-4,7-8H2,1-2H3,(H,16,19)/t12-/m0/s1. The lowest BCUT2D eigenvalue weighted by molar-refractivity contribution is -0.118. The molecule has 0 spiro atoms. The van der Waals surface area contributed by atoms with Gasteiger partial charge in [0.1, 0.15) is 0 Å². The molecule has 0 aliphatic heterocycles. The fraction of sp³-hybridized carbons (Fsp3) is 0.467. The van der Waals surface area contributed by atoms with Gasteiger partial charge in [0.05, 0.1) is 5.52 Å². The van der Waals surface area contributed by atoms with Crippen molar-refractivity contribution in [3.8, 4) is 0 Å². The van der Waals surface area contributed by atoms with Crippen LogP contribution in [0.1, 0.15) is 36.8 Å². The molecule has 1 aromatic carbocycles. The van der Waals surface area contributed by atoms with E-state index in [9.17, 15) is 4.79 Å². The van der Waals surface area contributed by atoms with Crippen LogP contribution in [0.4, 0.5) is 0 Å². The first-order valence-electron chi connectivity index (χ1n) is 6.84. The molecule has 1 aliphatic rings. The summed E-state index contributed by atoms with van der Waals surface area (Å²) in [4.78, 5) is 11.0. The third-order valence-electron chi connectivity index (χ3n) is 3.97. The maximum Gasteiger partial charge on any atom is 0.216 e. The van der Waals surface area contributed by atoms with Gasteiger partial charge in [-0.3, -0.25) is 9.48 Å². The lowest BCUT2D eigenvalue weighted by atomic mass is 9.95. The lowest BCUT2D eigenvalue weighted by Gasteiger charge is -2.12. The Balaban J connectivity index is 1.89. The quantitative estimate of drug-likeness (QED) is 0.915. The summed E-state index contributed by atoms with van der Waals surface area (Å²) in [7, 11) is 1.97. The second-order valence-corrected chi connectivity index (χ2v) is 5.38. The van der Waals surface area contributed by atoms with Crippen LogP contribution in [-0.4, -0.2) is 22.2 Å². The Morgan fingerprint density at radius 2 is 2.37 bits per heavy atom. The summed E-state index contributed by atoms with van der Waals surface area (Å²) >= 11 is 0. The maximum atomic E-state index is 11.0. The van der Waals surface area contributed by atoms with Crippen LogP contribution in [0, 0.1) is 0 Å². The Labute approximate surface area is 112 Å². The molecule has 1 aromatic heterocycles. The van der Waals surface area contributed by atoms with E-state index in [2.05, 4.69) is 28.7 Å². The molecule has 100 valence electrons. The molecule has 0 fully saturated rings. The van der Waals surface area contributed by atoms with E-state index in [4.69, 9.17) is 0 Å². The summed E-state index contributed by atoms with van der Waals surface area (Å²) in [6, 6.07) is 4.33. The van der Waals surface area contributed by atoms with Gasteiger partial charge in [0.15, 0.2) is 0 Å². The smallest absolute Gasteiger partial charge is 0.216 e. The summed E-state index contributed by atoms with van der Waals surface area (Å²) in [5, 5.41) is 8.66.